The van der Waals surface area contributed by atoms with Crippen LogP contribution in [0, 0.1) is 0 Å². The van der Waals surface area contributed by atoms with Gasteiger partial charge in [0.1, 0.15) is 0 Å². The topological polar surface area (TPSA) is 76.4 Å². The summed E-state index contributed by atoms with van der Waals surface area (Å²) >= 11 is 7.49. The molecule has 25 heavy (non-hydrogen) atoms. The Morgan fingerprint density at radius 1 is 1.20 bits per heavy atom. The summed E-state index contributed by atoms with van der Waals surface area (Å²) in [6, 6.07) is 11.2. The fourth-order valence-electron chi connectivity index (χ4n) is 2.44. The number of pyridine rings is 1. The normalized spacial score (nSPS) is 13.2. The van der Waals surface area contributed by atoms with Crippen molar-refractivity contribution in [1.29, 1.82) is 0 Å². The van der Waals surface area contributed by atoms with Gasteiger partial charge >= 0.3 is 0 Å². The maximum absolute atomic E-state index is 12.7. The second kappa shape index (κ2) is 7.74. The predicted octanol–water partition coefficient (Wildman–Crippen LogP) is 3.16. The van der Waals surface area contributed by atoms with E-state index in [4.69, 9.17) is 11.6 Å². The third kappa shape index (κ3) is 4.14. The third-order valence-corrected chi connectivity index (χ3v) is 6.07. The number of hydrogen-bond donors (Lipinski definition) is 1. The first-order valence-corrected chi connectivity index (χ1v) is 10.8. The summed E-state index contributed by atoms with van der Waals surface area (Å²) in [6.45, 7) is 0. The number of fused-ring (bicyclic) bond motifs is 1. The lowest BCUT2D eigenvalue weighted by molar-refractivity contribution is 0.536. The molecule has 132 valence electrons. The molecule has 0 radical (unpaired) electrons. The molecule has 1 aromatic carbocycles. The van der Waals surface area contributed by atoms with Crippen LogP contribution in [0.3, 0.4) is 0 Å². The van der Waals surface area contributed by atoms with Crippen molar-refractivity contribution < 1.29 is 8.42 Å². The lowest BCUT2D eigenvalue weighted by atomic mass is 10.2. The molecule has 0 saturated carbocycles. The van der Waals surface area contributed by atoms with E-state index in [9.17, 15) is 8.42 Å². The smallest absolute Gasteiger partial charge is 0.241 e. The van der Waals surface area contributed by atoms with E-state index >= 15 is 0 Å². The number of rotatable bonds is 7. The minimum atomic E-state index is -3.70. The molecule has 0 unspecified atom stereocenters. The number of benzene rings is 1. The van der Waals surface area contributed by atoms with Gasteiger partial charge in [-0.05, 0) is 54.8 Å². The van der Waals surface area contributed by atoms with Crippen LogP contribution in [-0.2, 0) is 10.0 Å². The van der Waals surface area contributed by atoms with Crippen LogP contribution >= 0.6 is 23.4 Å². The molecule has 0 fully saturated rings. The summed E-state index contributed by atoms with van der Waals surface area (Å²) in [7, 11) is -3.70. The van der Waals surface area contributed by atoms with E-state index in [2.05, 4.69) is 14.9 Å². The zero-order valence-electron chi connectivity index (χ0n) is 13.5. The van der Waals surface area contributed by atoms with Gasteiger partial charge in [-0.3, -0.25) is 4.40 Å². The highest BCUT2D eigenvalue weighted by Crippen LogP contribution is 2.22. The van der Waals surface area contributed by atoms with Gasteiger partial charge in [0.2, 0.25) is 10.0 Å². The first kappa shape index (κ1) is 18.2. The molecule has 3 rings (SSSR count). The molecule has 0 saturated heterocycles. The van der Waals surface area contributed by atoms with Gasteiger partial charge in [0, 0.05) is 11.2 Å². The number of hydrogen-bond acceptors (Lipinski definition) is 5. The van der Waals surface area contributed by atoms with Gasteiger partial charge in [-0.1, -0.05) is 17.7 Å². The Kier molecular flexibility index (Phi) is 5.63. The van der Waals surface area contributed by atoms with Crippen LogP contribution in [0.15, 0.2) is 53.6 Å². The standard InChI is InChI=1S/C16H17ClN4O2S2/c1-24-11-9-14(16-19-18-15-4-2-3-10-21(15)16)20-25(22,23)13-7-5-12(17)6-8-13/h2-8,10,14,20H,9,11H2,1H3/t14-/m1/s1. The predicted molar refractivity (Wildman–Crippen MR) is 101 cm³/mol. The van der Waals surface area contributed by atoms with E-state index in [1.54, 1.807) is 28.3 Å². The van der Waals surface area contributed by atoms with Gasteiger partial charge in [-0.25, -0.2) is 13.1 Å². The van der Waals surface area contributed by atoms with Crippen LogP contribution in [0.2, 0.25) is 5.02 Å². The van der Waals surface area contributed by atoms with Crippen molar-refractivity contribution in [3.63, 3.8) is 0 Å². The summed E-state index contributed by atoms with van der Waals surface area (Å²) in [5.41, 5.74) is 0.678. The van der Waals surface area contributed by atoms with Crippen molar-refractivity contribution in [2.45, 2.75) is 17.4 Å². The first-order chi connectivity index (χ1) is 12.0. The number of nitrogens with one attached hydrogen (secondary N) is 1. The number of halogens is 1. The lowest BCUT2D eigenvalue weighted by Crippen LogP contribution is -2.30. The lowest BCUT2D eigenvalue weighted by Gasteiger charge is -2.17. The highest BCUT2D eigenvalue weighted by Gasteiger charge is 2.25. The van der Waals surface area contributed by atoms with Crippen molar-refractivity contribution in [1.82, 2.24) is 19.3 Å². The van der Waals surface area contributed by atoms with Crippen molar-refractivity contribution in [3.05, 3.63) is 59.5 Å². The summed E-state index contributed by atoms with van der Waals surface area (Å²) in [5, 5.41) is 8.80. The third-order valence-electron chi connectivity index (χ3n) is 3.68. The van der Waals surface area contributed by atoms with Crippen molar-refractivity contribution in [3.8, 4) is 0 Å². The van der Waals surface area contributed by atoms with E-state index in [0.717, 1.165) is 5.75 Å². The fourth-order valence-corrected chi connectivity index (χ4v) is 4.27. The Labute approximate surface area is 155 Å². The average molecular weight is 397 g/mol. The van der Waals surface area contributed by atoms with Gasteiger partial charge in [-0.15, -0.1) is 10.2 Å². The maximum atomic E-state index is 12.7. The maximum Gasteiger partial charge on any atom is 0.241 e. The van der Waals surface area contributed by atoms with Crippen LogP contribution in [0.4, 0.5) is 0 Å². The number of nitrogens with zero attached hydrogens (tertiary/aromatic N) is 3. The summed E-state index contributed by atoms with van der Waals surface area (Å²) < 4.78 is 30.0. The number of sulfonamides is 1. The van der Waals surface area contributed by atoms with Crippen molar-refractivity contribution in [2.24, 2.45) is 0 Å². The second-order valence-electron chi connectivity index (χ2n) is 5.40. The first-order valence-electron chi connectivity index (χ1n) is 7.58. The van der Waals surface area contributed by atoms with Crippen molar-refractivity contribution >= 4 is 39.0 Å². The van der Waals surface area contributed by atoms with Gasteiger partial charge < -0.3 is 0 Å². The van der Waals surface area contributed by atoms with E-state index in [-0.39, 0.29) is 4.90 Å². The number of aromatic nitrogens is 3. The van der Waals surface area contributed by atoms with Crippen LogP contribution in [0.5, 0.6) is 0 Å². The molecule has 0 amide bonds. The molecule has 0 aliphatic rings. The van der Waals surface area contributed by atoms with E-state index in [1.165, 1.54) is 12.1 Å². The van der Waals surface area contributed by atoms with Gasteiger partial charge in [0.15, 0.2) is 11.5 Å². The molecule has 1 atom stereocenters. The zero-order chi connectivity index (χ0) is 17.9. The van der Waals surface area contributed by atoms with Crippen LogP contribution in [0.1, 0.15) is 18.3 Å². The highest BCUT2D eigenvalue weighted by molar-refractivity contribution is 7.98. The van der Waals surface area contributed by atoms with Crippen LogP contribution in [-0.4, -0.2) is 35.0 Å². The molecule has 2 heterocycles. The Bertz CT molecular complexity index is 958. The number of thioether (sulfide) groups is 1. The highest BCUT2D eigenvalue weighted by atomic mass is 35.5. The zero-order valence-corrected chi connectivity index (χ0v) is 15.9. The molecule has 1 N–H and O–H groups in total. The summed E-state index contributed by atoms with van der Waals surface area (Å²) in [5.74, 6) is 1.36. The van der Waals surface area contributed by atoms with Crippen LogP contribution in [0.25, 0.3) is 5.65 Å². The molecule has 0 spiro atoms. The van der Waals surface area contributed by atoms with Gasteiger partial charge in [0.25, 0.3) is 0 Å². The largest absolute Gasteiger partial charge is 0.285 e. The summed E-state index contributed by atoms with van der Waals surface area (Å²) in [4.78, 5) is 0.167. The minimum Gasteiger partial charge on any atom is -0.285 e. The van der Waals surface area contributed by atoms with E-state index < -0.39 is 16.1 Å². The molecular weight excluding hydrogens is 380 g/mol. The van der Waals surface area contributed by atoms with E-state index in [1.807, 2.05) is 30.7 Å². The molecule has 6 nitrogen and oxygen atoms in total. The minimum absolute atomic E-state index is 0.167. The van der Waals surface area contributed by atoms with Gasteiger partial charge in [-0.2, -0.15) is 11.8 Å². The second-order valence-corrected chi connectivity index (χ2v) is 8.53. The quantitative estimate of drug-likeness (QED) is 0.663. The monoisotopic (exact) mass is 396 g/mol. The fraction of sp³-hybridized carbons (Fsp3) is 0.250. The SMILES string of the molecule is CSCC[C@@H](NS(=O)(=O)c1ccc(Cl)cc1)c1nnc2ccccn12. The van der Waals surface area contributed by atoms with Gasteiger partial charge in [0.05, 0.1) is 10.9 Å². The molecular formula is C16H17ClN4O2S2. The molecule has 3 aromatic rings. The summed E-state index contributed by atoms with van der Waals surface area (Å²) in [6.07, 6.45) is 4.41. The Balaban J connectivity index is 1.94. The Morgan fingerprint density at radius 2 is 1.96 bits per heavy atom. The molecule has 0 aliphatic carbocycles. The molecule has 0 bridgehead atoms. The molecule has 9 heteroatoms. The Morgan fingerprint density at radius 3 is 2.68 bits per heavy atom. The Hall–Kier alpha value is -1.61. The molecule has 2 aromatic heterocycles. The van der Waals surface area contributed by atoms with E-state index in [0.29, 0.717) is 22.9 Å². The molecule has 0 aliphatic heterocycles. The van der Waals surface area contributed by atoms with Crippen LogP contribution < -0.4 is 4.72 Å². The van der Waals surface area contributed by atoms with Crippen molar-refractivity contribution in [2.75, 3.05) is 12.0 Å². The average Bonchev–Trinajstić information content (AvgIpc) is 3.03.